The van der Waals surface area contributed by atoms with E-state index in [1.54, 1.807) is 0 Å². The van der Waals surface area contributed by atoms with Crippen molar-refractivity contribution in [2.45, 2.75) is 25.4 Å². The summed E-state index contributed by atoms with van der Waals surface area (Å²) in [5.74, 6) is 0. The second kappa shape index (κ2) is 5.21. The summed E-state index contributed by atoms with van der Waals surface area (Å²) in [7, 11) is -3.81. The summed E-state index contributed by atoms with van der Waals surface area (Å²) in [6.07, 6.45) is 3.09. The number of thioether (sulfide) groups is 1. The zero-order valence-corrected chi connectivity index (χ0v) is 9.33. The van der Waals surface area contributed by atoms with E-state index >= 15 is 0 Å². The van der Waals surface area contributed by atoms with Gasteiger partial charge in [0.1, 0.15) is 0 Å². The fourth-order valence-electron chi connectivity index (χ4n) is 0.645. The molecular formula is C6H12F2S2Si. The van der Waals surface area contributed by atoms with Crippen LogP contribution in [0.5, 0.6) is 0 Å². The second-order valence-corrected chi connectivity index (χ2v) is 6.79. The minimum absolute atomic E-state index is 0.0771. The first kappa shape index (κ1) is 11.5. The maximum atomic E-state index is 12.4. The van der Waals surface area contributed by atoms with Crippen LogP contribution in [0.3, 0.4) is 0 Å². The van der Waals surface area contributed by atoms with Crippen LogP contribution in [-0.2, 0) is 0 Å². The molecule has 0 aromatic carbocycles. The van der Waals surface area contributed by atoms with E-state index in [4.69, 9.17) is 12.2 Å². The third kappa shape index (κ3) is 8.42. The van der Waals surface area contributed by atoms with E-state index in [0.717, 1.165) is 10.7 Å². The zero-order chi connectivity index (χ0) is 8.91. The SMILES string of the molecule is CSC(=S)CCC[Si](C)(F)F. The molecule has 0 amide bonds. The fourth-order valence-corrected chi connectivity index (χ4v) is 1.94. The highest BCUT2D eigenvalue weighted by molar-refractivity contribution is 8.22. The smallest absolute Gasteiger partial charge is 0.271 e. The van der Waals surface area contributed by atoms with Gasteiger partial charge in [0.15, 0.2) is 0 Å². The van der Waals surface area contributed by atoms with Gasteiger partial charge in [0.2, 0.25) is 0 Å². The van der Waals surface area contributed by atoms with Crippen LogP contribution in [0.25, 0.3) is 0 Å². The predicted molar refractivity (Wildman–Crippen MR) is 54.0 cm³/mol. The molecule has 0 aliphatic carbocycles. The van der Waals surface area contributed by atoms with Crippen molar-refractivity contribution in [3.05, 3.63) is 0 Å². The molecule has 0 aliphatic heterocycles. The van der Waals surface area contributed by atoms with Crippen molar-refractivity contribution in [2.24, 2.45) is 0 Å². The first-order valence-corrected chi connectivity index (χ1v) is 7.50. The van der Waals surface area contributed by atoms with Gasteiger partial charge in [0.25, 0.3) is 0 Å². The third-order valence-corrected chi connectivity index (χ3v) is 3.82. The quantitative estimate of drug-likeness (QED) is 0.399. The molecule has 0 aromatic heterocycles. The Morgan fingerprint density at radius 2 is 2.09 bits per heavy atom. The van der Waals surface area contributed by atoms with Gasteiger partial charge >= 0.3 is 8.74 Å². The molecule has 5 heteroatoms. The average Bonchev–Trinajstić information content (AvgIpc) is 1.85. The van der Waals surface area contributed by atoms with E-state index in [2.05, 4.69) is 0 Å². The molecule has 0 radical (unpaired) electrons. The van der Waals surface area contributed by atoms with Gasteiger partial charge in [-0.2, -0.15) is 0 Å². The lowest BCUT2D eigenvalue weighted by Gasteiger charge is -2.05. The molecule has 66 valence electrons. The highest BCUT2D eigenvalue weighted by Gasteiger charge is 2.26. The summed E-state index contributed by atoms with van der Waals surface area (Å²) in [6, 6.07) is 0.0771. The second-order valence-electron chi connectivity index (χ2n) is 2.50. The Balaban J connectivity index is 3.35. The Bertz CT molecular complexity index is 133. The third-order valence-electron chi connectivity index (χ3n) is 1.22. The topological polar surface area (TPSA) is 0 Å². The van der Waals surface area contributed by atoms with Crippen LogP contribution in [0.1, 0.15) is 12.8 Å². The molecule has 0 bridgehead atoms. The molecular weight excluding hydrogens is 202 g/mol. The largest absolute Gasteiger partial charge is 0.422 e. The Labute approximate surface area is 77.1 Å². The first-order chi connectivity index (χ1) is 4.95. The van der Waals surface area contributed by atoms with Crippen LogP contribution >= 0.6 is 24.0 Å². The van der Waals surface area contributed by atoms with Crippen molar-refractivity contribution in [3.8, 4) is 0 Å². The average molecular weight is 214 g/mol. The predicted octanol–water partition coefficient (Wildman–Crippen LogP) is 3.47. The van der Waals surface area contributed by atoms with E-state index in [0.29, 0.717) is 12.8 Å². The van der Waals surface area contributed by atoms with Gasteiger partial charge in [0, 0.05) is 4.20 Å². The summed E-state index contributed by atoms with van der Waals surface area (Å²) in [5, 5.41) is 0. The number of thiocarbonyl (C=S) groups is 1. The number of hydrogen-bond acceptors (Lipinski definition) is 2. The van der Waals surface area contributed by atoms with Crippen LogP contribution < -0.4 is 0 Å². The molecule has 11 heavy (non-hydrogen) atoms. The van der Waals surface area contributed by atoms with Gasteiger partial charge in [-0.1, -0.05) is 12.2 Å². The minimum atomic E-state index is -3.81. The number of halogens is 2. The van der Waals surface area contributed by atoms with Crippen molar-refractivity contribution in [1.82, 2.24) is 0 Å². The van der Waals surface area contributed by atoms with Gasteiger partial charge in [-0.25, -0.2) is 0 Å². The van der Waals surface area contributed by atoms with Crippen LogP contribution in [-0.4, -0.2) is 19.2 Å². The van der Waals surface area contributed by atoms with E-state index in [1.165, 1.54) is 11.8 Å². The van der Waals surface area contributed by atoms with Crippen LogP contribution in [0.15, 0.2) is 0 Å². The monoisotopic (exact) mass is 214 g/mol. The van der Waals surface area contributed by atoms with Gasteiger partial charge in [-0.15, -0.1) is 11.8 Å². The highest BCUT2D eigenvalue weighted by Crippen LogP contribution is 2.18. The Kier molecular flexibility index (Phi) is 5.46. The minimum Gasteiger partial charge on any atom is -0.271 e. The van der Waals surface area contributed by atoms with Crippen molar-refractivity contribution in [1.29, 1.82) is 0 Å². The van der Waals surface area contributed by atoms with Crippen molar-refractivity contribution in [2.75, 3.05) is 6.26 Å². The van der Waals surface area contributed by atoms with Gasteiger partial charge in [0.05, 0.1) is 0 Å². The summed E-state index contributed by atoms with van der Waals surface area (Å²) < 4.78 is 25.6. The molecule has 0 heterocycles. The molecule has 0 saturated carbocycles. The molecule has 0 aromatic rings. The molecule has 0 unspecified atom stereocenters. The Hall–Kier alpha value is 0.517. The summed E-state index contributed by atoms with van der Waals surface area (Å²) in [5.41, 5.74) is 0. The van der Waals surface area contributed by atoms with Gasteiger partial charge in [-0.3, -0.25) is 8.22 Å². The Morgan fingerprint density at radius 1 is 1.55 bits per heavy atom. The number of hydrogen-bond donors (Lipinski definition) is 0. The van der Waals surface area contributed by atoms with Crippen molar-refractivity contribution >= 4 is 36.9 Å². The molecule has 0 rings (SSSR count). The van der Waals surface area contributed by atoms with Crippen LogP contribution in [0.4, 0.5) is 8.22 Å². The Morgan fingerprint density at radius 3 is 2.45 bits per heavy atom. The van der Waals surface area contributed by atoms with E-state index in [1.807, 2.05) is 6.26 Å². The van der Waals surface area contributed by atoms with Crippen molar-refractivity contribution in [3.63, 3.8) is 0 Å². The highest BCUT2D eigenvalue weighted by atomic mass is 32.2. The van der Waals surface area contributed by atoms with E-state index in [-0.39, 0.29) is 6.04 Å². The molecule has 0 spiro atoms. The molecule has 0 saturated heterocycles. The lowest BCUT2D eigenvalue weighted by molar-refractivity contribution is 0.600. The normalized spacial score (nSPS) is 11.6. The lowest BCUT2D eigenvalue weighted by atomic mass is 10.4. The van der Waals surface area contributed by atoms with E-state index < -0.39 is 8.74 Å². The molecule has 0 nitrogen and oxygen atoms in total. The summed E-state index contributed by atoms with van der Waals surface area (Å²) in [4.78, 5) is 0. The molecule has 0 aliphatic rings. The summed E-state index contributed by atoms with van der Waals surface area (Å²) in [6.45, 7) is 1.08. The molecule has 0 N–H and O–H groups in total. The van der Waals surface area contributed by atoms with Gasteiger partial charge in [-0.05, 0) is 31.7 Å². The maximum Gasteiger partial charge on any atom is 0.422 e. The standard InChI is InChI=1S/C6H12F2S2Si/c1-10-6(9)4-3-5-11(2,7)8/h3-5H2,1-2H3. The van der Waals surface area contributed by atoms with Crippen LogP contribution in [0, 0.1) is 0 Å². The number of rotatable bonds is 4. The first-order valence-electron chi connectivity index (χ1n) is 3.40. The molecule has 0 atom stereocenters. The van der Waals surface area contributed by atoms with Gasteiger partial charge < -0.3 is 0 Å². The fraction of sp³-hybridized carbons (Fsp3) is 0.833. The van der Waals surface area contributed by atoms with E-state index in [9.17, 15) is 8.22 Å². The van der Waals surface area contributed by atoms with Crippen LogP contribution in [0.2, 0.25) is 12.6 Å². The zero-order valence-electron chi connectivity index (χ0n) is 6.69. The summed E-state index contributed by atoms with van der Waals surface area (Å²) >= 11 is 6.35. The van der Waals surface area contributed by atoms with Crippen molar-refractivity contribution < 1.29 is 8.22 Å². The maximum absolute atomic E-state index is 12.4. The lowest BCUT2D eigenvalue weighted by Crippen LogP contribution is -2.15. The molecule has 0 fully saturated rings.